The maximum atomic E-state index is 13.2. The Hall–Kier alpha value is -0.930. The van der Waals surface area contributed by atoms with E-state index in [9.17, 15) is 9.50 Å². The van der Waals surface area contributed by atoms with Gasteiger partial charge < -0.3 is 10.4 Å². The molecule has 1 saturated heterocycles. The molecule has 2 unspecified atom stereocenters. The Labute approximate surface area is 95.5 Å². The monoisotopic (exact) mass is 223 g/mol. The van der Waals surface area contributed by atoms with Crippen molar-refractivity contribution in [2.75, 3.05) is 13.1 Å². The van der Waals surface area contributed by atoms with E-state index in [-0.39, 0.29) is 17.7 Å². The maximum Gasteiger partial charge on any atom is 0.123 e. The number of hydrogen-bond donors (Lipinski definition) is 2. The third-order valence-electron chi connectivity index (χ3n) is 3.69. The molecule has 2 rings (SSSR count). The Bertz CT molecular complexity index is 370. The lowest BCUT2D eigenvalue weighted by molar-refractivity contribution is -0.0808. The fourth-order valence-electron chi connectivity index (χ4n) is 2.62. The number of piperidine rings is 1. The largest absolute Gasteiger partial charge is 0.385 e. The van der Waals surface area contributed by atoms with E-state index < -0.39 is 5.60 Å². The molecular formula is C13H18FNO. The Balaban J connectivity index is 2.42. The molecule has 1 aliphatic heterocycles. The van der Waals surface area contributed by atoms with Crippen LogP contribution >= 0.6 is 0 Å². The molecular weight excluding hydrogens is 205 g/mol. The van der Waals surface area contributed by atoms with Crippen molar-refractivity contribution in [1.82, 2.24) is 5.32 Å². The Morgan fingerprint density at radius 3 is 2.50 bits per heavy atom. The third kappa shape index (κ3) is 1.74. The van der Waals surface area contributed by atoms with Crippen molar-refractivity contribution in [1.29, 1.82) is 0 Å². The zero-order chi connectivity index (χ0) is 11.8. The van der Waals surface area contributed by atoms with Crippen LogP contribution in [0, 0.1) is 17.7 Å². The van der Waals surface area contributed by atoms with Gasteiger partial charge in [0.1, 0.15) is 5.82 Å². The molecule has 0 aliphatic carbocycles. The van der Waals surface area contributed by atoms with E-state index in [0.717, 1.165) is 13.1 Å². The highest BCUT2D eigenvalue weighted by Gasteiger charge is 2.43. The molecule has 88 valence electrons. The highest BCUT2D eigenvalue weighted by atomic mass is 19.1. The van der Waals surface area contributed by atoms with E-state index in [4.69, 9.17) is 0 Å². The van der Waals surface area contributed by atoms with Crippen LogP contribution in [0.15, 0.2) is 24.3 Å². The van der Waals surface area contributed by atoms with Gasteiger partial charge in [0.05, 0.1) is 5.60 Å². The van der Waals surface area contributed by atoms with Gasteiger partial charge in [-0.15, -0.1) is 0 Å². The molecule has 1 aromatic carbocycles. The predicted molar refractivity (Wildman–Crippen MR) is 61.5 cm³/mol. The summed E-state index contributed by atoms with van der Waals surface area (Å²) in [4.78, 5) is 0. The summed E-state index contributed by atoms with van der Waals surface area (Å²) in [5.41, 5.74) is -0.234. The van der Waals surface area contributed by atoms with E-state index >= 15 is 0 Å². The summed E-state index contributed by atoms with van der Waals surface area (Å²) >= 11 is 0. The van der Waals surface area contributed by atoms with E-state index in [2.05, 4.69) is 5.32 Å². The average Bonchev–Trinajstić information content (AvgIpc) is 2.26. The molecule has 1 heterocycles. The number of rotatable bonds is 1. The lowest BCUT2D eigenvalue weighted by Gasteiger charge is -2.44. The van der Waals surface area contributed by atoms with Crippen molar-refractivity contribution in [3.8, 4) is 0 Å². The van der Waals surface area contributed by atoms with Gasteiger partial charge in [-0.3, -0.25) is 0 Å². The van der Waals surface area contributed by atoms with Crippen molar-refractivity contribution in [3.63, 3.8) is 0 Å². The molecule has 0 spiro atoms. The topological polar surface area (TPSA) is 32.3 Å². The van der Waals surface area contributed by atoms with Gasteiger partial charge in [-0.05, 0) is 17.7 Å². The standard InChI is InChI=1S/C13H18FNO/c1-9-7-15-8-10(2)13(9,16)11-4-3-5-12(14)6-11/h3-6,9-10,15-16H,7-8H2,1-2H3. The van der Waals surface area contributed by atoms with Crippen LogP contribution in [0.5, 0.6) is 0 Å². The Morgan fingerprint density at radius 2 is 1.94 bits per heavy atom. The van der Waals surface area contributed by atoms with E-state index in [1.807, 2.05) is 13.8 Å². The van der Waals surface area contributed by atoms with E-state index in [1.54, 1.807) is 12.1 Å². The summed E-state index contributed by atoms with van der Waals surface area (Å²) in [6.07, 6.45) is 0. The summed E-state index contributed by atoms with van der Waals surface area (Å²) in [6, 6.07) is 6.31. The van der Waals surface area contributed by atoms with Crippen LogP contribution in [0.1, 0.15) is 19.4 Å². The second-order valence-corrected chi connectivity index (χ2v) is 4.80. The second kappa shape index (κ2) is 4.15. The van der Waals surface area contributed by atoms with Crippen LogP contribution in [0.25, 0.3) is 0 Å². The summed E-state index contributed by atoms with van der Waals surface area (Å²) in [7, 11) is 0. The molecule has 16 heavy (non-hydrogen) atoms. The lowest BCUT2D eigenvalue weighted by atomic mass is 9.71. The first kappa shape index (κ1) is 11.6. The van der Waals surface area contributed by atoms with Crippen molar-refractivity contribution >= 4 is 0 Å². The highest BCUT2D eigenvalue weighted by Crippen LogP contribution is 2.38. The minimum Gasteiger partial charge on any atom is -0.385 e. The first-order valence-electron chi connectivity index (χ1n) is 5.74. The zero-order valence-corrected chi connectivity index (χ0v) is 9.70. The Kier molecular flexibility index (Phi) is 3.00. The molecule has 1 aromatic rings. The number of hydrogen-bond acceptors (Lipinski definition) is 2. The van der Waals surface area contributed by atoms with Crippen molar-refractivity contribution in [3.05, 3.63) is 35.6 Å². The van der Waals surface area contributed by atoms with Crippen LogP contribution in [-0.2, 0) is 5.60 Å². The molecule has 3 heteroatoms. The van der Waals surface area contributed by atoms with Crippen molar-refractivity contribution in [2.45, 2.75) is 19.4 Å². The number of halogens is 1. The van der Waals surface area contributed by atoms with Crippen molar-refractivity contribution < 1.29 is 9.50 Å². The molecule has 0 amide bonds. The van der Waals surface area contributed by atoms with E-state index in [0.29, 0.717) is 5.56 Å². The van der Waals surface area contributed by atoms with E-state index in [1.165, 1.54) is 12.1 Å². The fourth-order valence-corrected chi connectivity index (χ4v) is 2.62. The molecule has 0 aromatic heterocycles. The van der Waals surface area contributed by atoms with Gasteiger partial charge >= 0.3 is 0 Å². The summed E-state index contributed by atoms with van der Waals surface area (Å²) in [5.74, 6) is -0.125. The number of nitrogens with one attached hydrogen (secondary N) is 1. The molecule has 2 nitrogen and oxygen atoms in total. The third-order valence-corrected chi connectivity index (χ3v) is 3.69. The quantitative estimate of drug-likeness (QED) is 0.762. The van der Waals surface area contributed by atoms with Gasteiger partial charge in [-0.2, -0.15) is 0 Å². The van der Waals surface area contributed by atoms with Crippen LogP contribution in [0.2, 0.25) is 0 Å². The Morgan fingerprint density at radius 1 is 1.31 bits per heavy atom. The predicted octanol–water partition coefficient (Wildman–Crippen LogP) is 1.89. The molecule has 2 N–H and O–H groups in total. The van der Waals surface area contributed by atoms with Crippen molar-refractivity contribution in [2.24, 2.45) is 11.8 Å². The summed E-state index contributed by atoms with van der Waals surface area (Å²) in [6.45, 7) is 5.51. The minimum absolute atomic E-state index is 0.0815. The first-order valence-corrected chi connectivity index (χ1v) is 5.74. The SMILES string of the molecule is CC1CNCC(C)C1(O)c1cccc(F)c1. The number of aliphatic hydroxyl groups is 1. The second-order valence-electron chi connectivity index (χ2n) is 4.80. The van der Waals surface area contributed by atoms with Crippen LogP contribution in [-0.4, -0.2) is 18.2 Å². The fraction of sp³-hybridized carbons (Fsp3) is 0.538. The summed E-state index contributed by atoms with van der Waals surface area (Å²) in [5, 5.41) is 14.1. The molecule has 1 aliphatic rings. The van der Waals surface area contributed by atoms with Gasteiger partial charge in [0.15, 0.2) is 0 Å². The van der Waals surface area contributed by atoms with Gasteiger partial charge in [-0.1, -0.05) is 26.0 Å². The normalized spacial score (nSPS) is 35.0. The molecule has 0 bridgehead atoms. The van der Waals surface area contributed by atoms with Gasteiger partial charge in [-0.25, -0.2) is 4.39 Å². The van der Waals surface area contributed by atoms with Crippen LogP contribution in [0.3, 0.4) is 0 Å². The highest BCUT2D eigenvalue weighted by molar-refractivity contribution is 5.26. The van der Waals surface area contributed by atoms with Crippen LogP contribution in [0.4, 0.5) is 4.39 Å². The summed E-state index contributed by atoms with van der Waals surface area (Å²) < 4.78 is 13.2. The maximum absolute atomic E-state index is 13.2. The van der Waals surface area contributed by atoms with Gasteiger partial charge in [0.25, 0.3) is 0 Å². The number of benzene rings is 1. The lowest BCUT2D eigenvalue weighted by Crippen LogP contribution is -2.52. The van der Waals surface area contributed by atoms with Crippen LogP contribution < -0.4 is 5.32 Å². The smallest absolute Gasteiger partial charge is 0.123 e. The first-order chi connectivity index (χ1) is 7.55. The molecule has 1 fully saturated rings. The molecule has 0 radical (unpaired) electrons. The molecule has 2 atom stereocenters. The average molecular weight is 223 g/mol. The van der Waals surface area contributed by atoms with Gasteiger partial charge in [0.2, 0.25) is 0 Å². The molecule has 0 saturated carbocycles. The minimum atomic E-state index is -0.923. The van der Waals surface area contributed by atoms with Gasteiger partial charge in [0, 0.05) is 24.9 Å². The zero-order valence-electron chi connectivity index (χ0n) is 9.70.